The molecule has 8 nitrogen and oxygen atoms in total. The molecule has 0 spiro atoms. The average Bonchev–Trinajstić information content (AvgIpc) is 3.30. The average molecular weight is 539 g/mol. The van der Waals surface area contributed by atoms with Gasteiger partial charge in [-0.25, -0.2) is 4.98 Å². The Morgan fingerprint density at radius 1 is 1.13 bits per heavy atom. The molecule has 3 heterocycles. The fourth-order valence-corrected chi connectivity index (χ4v) is 3.98. The molecule has 1 N–H and O–H groups in total. The Bertz CT molecular complexity index is 859. The van der Waals surface area contributed by atoms with E-state index in [-0.39, 0.29) is 35.8 Å². The van der Waals surface area contributed by atoms with Crippen LogP contribution in [-0.4, -0.2) is 73.1 Å². The van der Waals surface area contributed by atoms with E-state index in [0.29, 0.717) is 38.7 Å². The summed E-state index contributed by atoms with van der Waals surface area (Å²) < 4.78 is 11.0. The van der Waals surface area contributed by atoms with E-state index in [1.807, 2.05) is 35.2 Å². The second-order valence-corrected chi connectivity index (χ2v) is 7.61. The van der Waals surface area contributed by atoms with Gasteiger partial charge in [-0.2, -0.15) is 0 Å². The largest absolute Gasteiger partial charge is 0.444 e. The fourth-order valence-electron chi connectivity index (χ4n) is 3.98. The van der Waals surface area contributed by atoms with Gasteiger partial charge in [0.2, 0.25) is 11.8 Å². The van der Waals surface area contributed by atoms with E-state index in [9.17, 15) is 4.79 Å². The molecule has 168 valence electrons. The first kappa shape index (κ1) is 23.5. The van der Waals surface area contributed by atoms with Gasteiger partial charge >= 0.3 is 0 Å². The van der Waals surface area contributed by atoms with Gasteiger partial charge in [0.1, 0.15) is 6.26 Å². The van der Waals surface area contributed by atoms with Crippen LogP contribution >= 0.6 is 24.0 Å². The molecule has 2 aromatic rings. The number of aromatic nitrogens is 1. The Morgan fingerprint density at radius 2 is 1.84 bits per heavy atom. The third-order valence-electron chi connectivity index (χ3n) is 5.68. The van der Waals surface area contributed by atoms with Gasteiger partial charge in [-0.05, 0) is 25.0 Å². The molecule has 2 aliphatic rings. The zero-order valence-electron chi connectivity index (χ0n) is 17.8. The number of carbonyl (C=O) groups is 1. The normalized spacial score (nSPS) is 17.9. The number of likely N-dealkylation sites (tertiary alicyclic amines) is 1. The predicted molar refractivity (Wildman–Crippen MR) is 129 cm³/mol. The Labute approximate surface area is 200 Å². The van der Waals surface area contributed by atoms with Crippen molar-refractivity contribution >= 4 is 35.8 Å². The lowest BCUT2D eigenvalue weighted by Crippen LogP contribution is -2.49. The van der Waals surface area contributed by atoms with Crippen molar-refractivity contribution in [2.75, 3.05) is 46.4 Å². The highest BCUT2D eigenvalue weighted by atomic mass is 127. The van der Waals surface area contributed by atoms with Crippen LogP contribution < -0.4 is 5.32 Å². The molecule has 2 aliphatic heterocycles. The summed E-state index contributed by atoms with van der Waals surface area (Å²) in [6, 6.07) is 9.85. The zero-order valence-corrected chi connectivity index (χ0v) is 20.2. The van der Waals surface area contributed by atoms with Crippen LogP contribution in [0.1, 0.15) is 18.5 Å². The fraction of sp³-hybridized carbons (Fsp3) is 0.500. The summed E-state index contributed by atoms with van der Waals surface area (Å²) in [5, 5.41) is 3.37. The molecule has 0 saturated carbocycles. The van der Waals surface area contributed by atoms with Crippen LogP contribution in [0.4, 0.5) is 0 Å². The summed E-state index contributed by atoms with van der Waals surface area (Å²) in [5.74, 6) is 1.82. The minimum Gasteiger partial charge on any atom is -0.444 e. The van der Waals surface area contributed by atoms with Crippen LogP contribution in [-0.2, 0) is 16.1 Å². The van der Waals surface area contributed by atoms with Crippen LogP contribution in [0, 0.1) is 5.92 Å². The highest BCUT2D eigenvalue weighted by Gasteiger charge is 2.30. The number of nitrogens with one attached hydrogen (secondary N) is 1. The molecule has 1 amide bonds. The number of aliphatic imine (C=N–C) groups is 1. The van der Waals surface area contributed by atoms with Gasteiger partial charge in [-0.3, -0.25) is 9.79 Å². The van der Waals surface area contributed by atoms with Crippen LogP contribution in [0.2, 0.25) is 0 Å². The molecular formula is C22H30IN5O3. The lowest BCUT2D eigenvalue weighted by Gasteiger charge is -2.36. The minimum atomic E-state index is 0. The van der Waals surface area contributed by atoms with Gasteiger partial charge in [-0.1, -0.05) is 18.2 Å². The Hall–Kier alpha value is -2.14. The van der Waals surface area contributed by atoms with Gasteiger partial charge in [0.05, 0.1) is 25.5 Å². The van der Waals surface area contributed by atoms with Crippen molar-refractivity contribution in [3.63, 3.8) is 0 Å². The molecule has 0 atom stereocenters. The summed E-state index contributed by atoms with van der Waals surface area (Å²) in [4.78, 5) is 25.8. The molecule has 0 aliphatic carbocycles. The zero-order chi connectivity index (χ0) is 20.8. The lowest BCUT2D eigenvalue weighted by atomic mass is 9.95. The van der Waals surface area contributed by atoms with Crippen LogP contribution in [0.3, 0.4) is 0 Å². The van der Waals surface area contributed by atoms with Crippen molar-refractivity contribution in [3.8, 4) is 11.5 Å². The van der Waals surface area contributed by atoms with E-state index in [0.717, 1.165) is 43.1 Å². The topological polar surface area (TPSA) is 83.2 Å². The summed E-state index contributed by atoms with van der Waals surface area (Å²) in [6.45, 7) is 4.89. The number of nitrogens with zero attached hydrogens (tertiary/aromatic N) is 4. The maximum atomic E-state index is 12.7. The molecule has 2 saturated heterocycles. The van der Waals surface area contributed by atoms with Gasteiger partial charge in [0.15, 0.2) is 5.96 Å². The number of oxazole rings is 1. The maximum absolute atomic E-state index is 12.7. The van der Waals surface area contributed by atoms with Crippen molar-refractivity contribution in [3.05, 3.63) is 42.3 Å². The number of guanidine groups is 1. The monoisotopic (exact) mass is 539 g/mol. The second-order valence-electron chi connectivity index (χ2n) is 7.61. The number of halogens is 1. The SMILES string of the molecule is CN=C(NCc1coc(-c2ccccc2)n1)N1CCC(C(=O)N2CCOCC2)CC1.I. The third kappa shape index (κ3) is 5.97. The predicted octanol–water partition coefficient (Wildman–Crippen LogP) is 2.61. The number of morpholine rings is 1. The van der Waals surface area contributed by atoms with Crippen LogP contribution in [0.15, 0.2) is 46.0 Å². The summed E-state index contributed by atoms with van der Waals surface area (Å²) >= 11 is 0. The van der Waals surface area contributed by atoms with E-state index in [2.05, 4.69) is 20.2 Å². The smallest absolute Gasteiger partial charge is 0.226 e. The second kappa shape index (κ2) is 11.5. The Kier molecular flexibility index (Phi) is 8.70. The van der Waals surface area contributed by atoms with Crippen molar-refractivity contribution in [2.45, 2.75) is 19.4 Å². The Balaban J connectivity index is 0.00000272. The maximum Gasteiger partial charge on any atom is 0.226 e. The molecular weight excluding hydrogens is 509 g/mol. The molecule has 9 heteroatoms. The number of hydrogen-bond donors (Lipinski definition) is 1. The molecule has 1 aromatic carbocycles. The van der Waals surface area contributed by atoms with E-state index in [4.69, 9.17) is 9.15 Å². The number of piperidine rings is 1. The van der Waals surface area contributed by atoms with E-state index < -0.39 is 0 Å². The number of carbonyl (C=O) groups excluding carboxylic acids is 1. The van der Waals surface area contributed by atoms with Gasteiger partial charge in [0, 0.05) is 44.7 Å². The summed E-state index contributed by atoms with van der Waals surface area (Å²) in [5.41, 5.74) is 1.78. The van der Waals surface area contributed by atoms with Gasteiger partial charge < -0.3 is 24.3 Å². The Morgan fingerprint density at radius 3 is 2.52 bits per heavy atom. The number of amides is 1. The number of ether oxygens (including phenoxy) is 1. The molecule has 0 bridgehead atoms. The first-order chi connectivity index (χ1) is 14.7. The van der Waals surface area contributed by atoms with Gasteiger partial charge in [-0.15, -0.1) is 24.0 Å². The molecule has 0 radical (unpaired) electrons. The third-order valence-corrected chi connectivity index (χ3v) is 5.68. The number of benzene rings is 1. The highest BCUT2D eigenvalue weighted by molar-refractivity contribution is 14.0. The number of hydrogen-bond acceptors (Lipinski definition) is 5. The highest BCUT2D eigenvalue weighted by Crippen LogP contribution is 2.21. The molecule has 31 heavy (non-hydrogen) atoms. The number of rotatable bonds is 4. The quantitative estimate of drug-likeness (QED) is 0.366. The summed E-state index contributed by atoms with van der Waals surface area (Å²) in [7, 11) is 1.78. The molecule has 0 unspecified atom stereocenters. The lowest BCUT2D eigenvalue weighted by molar-refractivity contribution is -0.140. The van der Waals surface area contributed by atoms with E-state index >= 15 is 0 Å². The van der Waals surface area contributed by atoms with E-state index in [1.165, 1.54) is 0 Å². The first-order valence-corrected chi connectivity index (χ1v) is 10.6. The van der Waals surface area contributed by atoms with Gasteiger partial charge in [0.25, 0.3) is 0 Å². The first-order valence-electron chi connectivity index (χ1n) is 10.6. The minimum absolute atomic E-state index is 0. The standard InChI is InChI=1S/C22H29N5O3.HI/c1-23-22(24-15-19-16-30-20(25-19)17-5-3-2-4-6-17)27-9-7-18(8-10-27)21(28)26-11-13-29-14-12-26;/h2-6,16,18H,7-15H2,1H3,(H,23,24);1H. The molecule has 2 fully saturated rings. The van der Waals surface area contributed by atoms with Crippen molar-refractivity contribution < 1.29 is 13.9 Å². The van der Waals surface area contributed by atoms with E-state index in [1.54, 1.807) is 13.3 Å². The molecule has 4 rings (SSSR count). The van der Waals surface area contributed by atoms with Crippen molar-refractivity contribution in [2.24, 2.45) is 10.9 Å². The van der Waals surface area contributed by atoms with Crippen LogP contribution in [0.5, 0.6) is 0 Å². The van der Waals surface area contributed by atoms with Crippen molar-refractivity contribution in [1.29, 1.82) is 0 Å². The van der Waals surface area contributed by atoms with Crippen LogP contribution in [0.25, 0.3) is 11.5 Å². The van der Waals surface area contributed by atoms with Crippen molar-refractivity contribution in [1.82, 2.24) is 20.1 Å². The molecule has 1 aromatic heterocycles. The summed E-state index contributed by atoms with van der Waals surface area (Å²) in [6.07, 6.45) is 3.37.